The van der Waals surface area contributed by atoms with Crippen LogP contribution < -0.4 is 10.6 Å². The third kappa shape index (κ3) is 3.28. The van der Waals surface area contributed by atoms with Gasteiger partial charge in [-0.2, -0.15) is 0 Å². The van der Waals surface area contributed by atoms with Crippen molar-refractivity contribution >= 4 is 17.4 Å². The van der Waals surface area contributed by atoms with Crippen molar-refractivity contribution in [1.82, 2.24) is 0 Å². The Morgan fingerprint density at radius 3 is 2.05 bits per heavy atom. The minimum Gasteiger partial charge on any atom is -0.307 e. The summed E-state index contributed by atoms with van der Waals surface area (Å²) in [5.41, 5.74) is 0.773. The summed E-state index contributed by atoms with van der Waals surface area (Å²) in [6.45, 7) is 1.62. The summed E-state index contributed by atoms with van der Waals surface area (Å²) in [5, 5.41) is 4.69. The van der Waals surface area contributed by atoms with Gasteiger partial charge in [-0.25, -0.2) is 18.0 Å². The Balaban J connectivity index is 2.09. The second-order valence-electron chi connectivity index (χ2n) is 4.16. The monoisotopic (exact) mass is 280 g/mol. The Labute approximate surface area is 113 Å². The third-order valence-corrected chi connectivity index (χ3v) is 2.62. The van der Waals surface area contributed by atoms with Crippen LogP contribution in [0.15, 0.2) is 36.4 Å². The number of carbonyl (C=O) groups is 1. The van der Waals surface area contributed by atoms with Gasteiger partial charge in [-0.1, -0.05) is 0 Å². The fourth-order valence-corrected chi connectivity index (χ4v) is 1.63. The van der Waals surface area contributed by atoms with E-state index in [1.54, 1.807) is 6.92 Å². The van der Waals surface area contributed by atoms with Crippen molar-refractivity contribution in [3.05, 3.63) is 59.4 Å². The number of aryl methyl sites for hydroxylation is 1. The van der Waals surface area contributed by atoms with Crippen molar-refractivity contribution < 1.29 is 18.0 Å². The molecule has 2 amide bonds. The normalized spacial score (nSPS) is 10.2. The number of rotatable bonds is 2. The van der Waals surface area contributed by atoms with Crippen molar-refractivity contribution in [3.8, 4) is 0 Å². The molecule has 0 unspecified atom stereocenters. The molecule has 0 spiro atoms. The quantitative estimate of drug-likeness (QED) is 0.855. The SMILES string of the molecule is Cc1cc(F)ccc1NC(=O)Nc1ccc(F)cc1F. The Kier molecular flexibility index (Phi) is 3.93. The molecule has 20 heavy (non-hydrogen) atoms. The second-order valence-corrected chi connectivity index (χ2v) is 4.16. The highest BCUT2D eigenvalue weighted by molar-refractivity contribution is 6.00. The smallest absolute Gasteiger partial charge is 0.307 e. The molecule has 0 aliphatic carbocycles. The van der Waals surface area contributed by atoms with Crippen LogP contribution in [0.1, 0.15) is 5.56 Å². The van der Waals surface area contributed by atoms with Crippen LogP contribution in [0.3, 0.4) is 0 Å². The molecule has 0 bridgehead atoms. The van der Waals surface area contributed by atoms with Gasteiger partial charge >= 0.3 is 6.03 Å². The van der Waals surface area contributed by atoms with Gasteiger partial charge in [-0.15, -0.1) is 0 Å². The Morgan fingerprint density at radius 2 is 1.45 bits per heavy atom. The molecular formula is C14H11F3N2O. The van der Waals surface area contributed by atoms with E-state index in [2.05, 4.69) is 10.6 Å². The molecule has 0 saturated carbocycles. The predicted octanol–water partition coefficient (Wildman–Crippen LogP) is 4.06. The van der Waals surface area contributed by atoms with Crippen molar-refractivity contribution in [2.24, 2.45) is 0 Å². The molecule has 0 heterocycles. The summed E-state index contributed by atoms with van der Waals surface area (Å²) < 4.78 is 39.0. The van der Waals surface area contributed by atoms with Crippen LogP contribution in [-0.2, 0) is 0 Å². The van der Waals surface area contributed by atoms with E-state index in [9.17, 15) is 18.0 Å². The van der Waals surface area contributed by atoms with Gasteiger partial charge < -0.3 is 10.6 Å². The zero-order valence-electron chi connectivity index (χ0n) is 10.5. The van der Waals surface area contributed by atoms with Crippen LogP contribution in [0.4, 0.5) is 29.3 Å². The van der Waals surface area contributed by atoms with Crippen LogP contribution >= 0.6 is 0 Å². The van der Waals surface area contributed by atoms with Gasteiger partial charge in [0.2, 0.25) is 0 Å². The predicted molar refractivity (Wildman–Crippen MR) is 70.1 cm³/mol. The molecule has 6 heteroatoms. The van der Waals surface area contributed by atoms with Gasteiger partial charge in [-0.3, -0.25) is 0 Å². The van der Waals surface area contributed by atoms with E-state index in [0.29, 0.717) is 17.3 Å². The molecule has 0 saturated heterocycles. The lowest BCUT2D eigenvalue weighted by Crippen LogP contribution is -2.20. The summed E-state index contributed by atoms with van der Waals surface area (Å²) in [6, 6.07) is 5.95. The van der Waals surface area contributed by atoms with Gasteiger partial charge in [0, 0.05) is 11.8 Å². The lowest BCUT2D eigenvalue weighted by molar-refractivity contribution is 0.262. The minimum absolute atomic E-state index is 0.149. The number of nitrogens with one attached hydrogen (secondary N) is 2. The van der Waals surface area contributed by atoms with E-state index < -0.39 is 23.5 Å². The first-order chi connectivity index (χ1) is 9.45. The second kappa shape index (κ2) is 5.64. The highest BCUT2D eigenvalue weighted by Gasteiger charge is 2.09. The zero-order chi connectivity index (χ0) is 14.7. The topological polar surface area (TPSA) is 41.1 Å². The van der Waals surface area contributed by atoms with Crippen LogP contribution in [-0.4, -0.2) is 6.03 Å². The molecule has 0 fully saturated rings. The summed E-state index contributed by atoms with van der Waals surface area (Å²) in [4.78, 5) is 11.7. The molecule has 0 aliphatic rings. The van der Waals surface area contributed by atoms with Crippen LogP contribution in [0.5, 0.6) is 0 Å². The van der Waals surface area contributed by atoms with E-state index in [0.717, 1.165) is 12.1 Å². The lowest BCUT2D eigenvalue weighted by atomic mass is 10.2. The van der Waals surface area contributed by atoms with E-state index in [1.165, 1.54) is 18.2 Å². The first kappa shape index (κ1) is 13.9. The average molecular weight is 280 g/mol. The van der Waals surface area contributed by atoms with E-state index in [1.807, 2.05) is 0 Å². The lowest BCUT2D eigenvalue weighted by Gasteiger charge is -2.10. The summed E-state index contributed by atoms with van der Waals surface area (Å²) in [7, 11) is 0. The number of amides is 2. The molecular weight excluding hydrogens is 269 g/mol. The van der Waals surface area contributed by atoms with E-state index in [4.69, 9.17) is 0 Å². The number of benzene rings is 2. The molecule has 2 N–H and O–H groups in total. The maximum absolute atomic E-state index is 13.3. The summed E-state index contributed by atoms with van der Waals surface area (Å²) in [6.07, 6.45) is 0. The van der Waals surface area contributed by atoms with Crippen molar-refractivity contribution in [2.75, 3.05) is 10.6 Å². The highest BCUT2D eigenvalue weighted by atomic mass is 19.1. The van der Waals surface area contributed by atoms with Crippen molar-refractivity contribution in [1.29, 1.82) is 0 Å². The molecule has 0 radical (unpaired) electrons. The minimum atomic E-state index is -0.879. The number of hydrogen-bond acceptors (Lipinski definition) is 1. The maximum atomic E-state index is 13.3. The Bertz CT molecular complexity index is 603. The average Bonchev–Trinajstić information content (AvgIpc) is 2.36. The largest absolute Gasteiger partial charge is 0.323 e. The molecule has 2 aromatic carbocycles. The number of halogens is 3. The number of anilines is 2. The molecule has 2 aromatic rings. The molecule has 2 rings (SSSR count). The fraction of sp³-hybridized carbons (Fsp3) is 0.0714. The number of urea groups is 1. The van der Waals surface area contributed by atoms with Crippen LogP contribution in [0, 0.1) is 24.4 Å². The molecule has 0 aliphatic heterocycles. The van der Waals surface area contributed by atoms with Gasteiger partial charge in [0.05, 0.1) is 5.69 Å². The van der Waals surface area contributed by atoms with Gasteiger partial charge in [0.25, 0.3) is 0 Å². The third-order valence-electron chi connectivity index (χ3n) is 2.62. The van der Waals surface area contributed by atoms with Gasteiger partial charge in [0.15, 0.2) is 0 Å². The maximum Gasteiger partial charge on any atom is 0.323 e. The summed E-state index contributed by atoms with van der Waals surface area (Å²) >= 11 is 0. The van der Waals surface area contributed by atoms with Gasteiger partial charge in [-0.05, 0) is 42.8 Å². The molecule has 104 valence electrons. The number of hydrogen-bond donors (Lipinski definition) is 2. The standard InChI is InChI=1S/C14H11F3N2O/c1-8-6-9(15)2-4-12(8)18-14(20)19-13-5-3-10(16)7-11(13)17/h2-7H,1H3,(H2,18,19,20). The molecule has 0 aromatic heterocycles. The first-order valence-corrected chi connectivity index (χ1v) is 5.75. The van der Waals surface area contributed by atoms with Crippen molar-refractivity contribution in [3.63, 3.8) is 0 Å². The zero-order valence-corrected chi connectivity index (χ0v) is 10.5. The van der Waals surface area contributed by atoms with E-state index in [-0.39, 0.29) is 5.69 Å². The van der Waals surface area contributed by atoms with Crippen LogP contribution in [0.25, 0.3) is 0 Å². The van der Waals surface area contributed by atoms with Crippen LogP contribution in [0.2, 0.25) is 0 Å². The number of carbonyl (C=O) groups excluding carboxylic acids is 1. The van der Waals surface area contributed by atoms with Gasteiger partial charge in [0.1, 0.15) is 17.5 Å². The fourth-order valence-electron chi connectivity index (χ4n) is 1.63. The first-order valence-electron chi connectivity index (χ1n) is 5.75. The van der Waals surface area contributed by atoms with E-state index >= 15 is 0 Å². The Morgan fingerprint density at radius 1 is 0.900 bits per heavy atom. The Hall–Kier alpha value is -2.50. The highest BCUT2D eigenvalue weighted by Crippen LogP contribution is 2.18. The summed E-state index contributed by atoms with van der Waals surface area (Å²) in [5.74, 6) is -2.03. The van der Waals surface area contributed by atoms with Crippen molar-refractivity contribution in [2.45, 2.75) is 6.92 Å². The molecule has 3 nitrogen and oxygen atoms in total. The molecule has 0 atom stereocenters.